The van der Waals surface area contributed by atoms with Gasteiger partial charge in [-0.3, -0.25) is 9.59 Å². The molecule has 2 rings (SSSR count). The number of carbonyl (C=O) groups is 2. The highest BCUT2D eigenvalue weighted by molar-refractivity contribution is 5.84. The van der Waals surface area contributed by atoms with Crippen LogP contribution in [0, 0.1) is 11.3 Å². The highest BCUT2D eigenvalue weighted by Gasteiger charge is 2.33. The first kappa shape index (κ1) is 16.7. The molecule has 2 aliphatic heterocycles. The van der Waals surface area contributed by atoms with E-state index in [1.807, 2.05) is 0 Å². The summed E-state index contributed by atoms with van der Waals surface area (Å²) in [5.41, 5.74) is 5.91. The maximum absolute atomic E-state index is 12.3. The van der Waals surface area contributed by atoms with Gasteiger partial charge in [-0.15, -0.1) is 0 Å². The van der Waals surface area contributed by atoms with E-state index in [1.165, 1.54) is 4.90 Å². The minimum atomic E-state index is -0.743. The highest BCUT2D eigenvalue weighted by atomic mass is 16.3. The maximum Gasteiger partial charge on any atom is 0.240 e. The average molecular weight is 308 g/mol. The van der Waals surface area contributed by atoms with Crippen molar-refractivity contribution in [1.82, 2.24) is 9.80 Å². The Labute approximate surface area is 130 Å². The lowest BCUT2D eigenvalue weighted by Gasteiger charge is -2.25. The molecule has 0 aromatic rings. The molecule has 2 heterocycles. The molecule has 0 aromatic carbocycles. The smallest absolute Gasteiger partial charge is 0.240 e. The molecule has 0 radical (unpaired) electrons. The van der Waals surface area contributed by atoms with Gasteiger partial charge < -0.3 is 20.6 Å². The standard InChI is InChI=1S/C15H24N4O3/c16-9-11-3-1-8-19(11)15(22)13(17)5-6-14(21)18-7-2-4-12(18)10-20/h11-13,20H,1-8,10,17H2/t11-,12-,13?/m0/s1. The van der Waals surface area contributed by atoms with Crippen LogP contribution in [0.3, 0.4) is 0 Å². The molecular formula is C15H24N4O3. The number of amides is 2. The fraction of sp³-hybridized carbons (Fsp3) is 0.800. The molecule has 0 saturated carbocycles. The molecule has 0 bridgehead atoms. The fourth-order valence-electron chi connectivity index (χ4n) is 3.28. The molecule has 122 valence electrons. The van der Waals surface area contributed by atoms with Gasteiger partial charge >= 0.3 is 0 Å². The number of nitriles is 1. The molecule has 0 aromatic heterocycles. The first-order valence-corrected chi connectivity index (χ1v) is 7.94. The summed E-state index contributed by atoms with van der Waals surface area (Å²) < 4.78 is 0. The maximum atomic E-state index is 12.3. The minimum Gasteiger partial charge on any atom is -0.394 e. The average Bonchev–Trinajstić information content (AvgIpc) is 3.19. The van der Waals surface area contributed by atoms with Crippen molar-refractivity contribution in [2.24, 2.45) is 5.73 Å². The van der Waals surface area contributed by atoms with E-state index in [4.69, 9.17) is 11.0 Å². The molecule has 2 amide bonds. The van der Waals surface area contributed by atoms with Crippen molar-refractivity contribution in [3.63, 3.8) is 0 Å². The van der Waals surface area contributed by atoms with Crippen LogP contribution >= 0.6 is 0 Å². The van der Waals surface area contributed by atoms with Crippen molar-refractivity contribution in [3.8, 4) is 6.07 Å². The third-order valence-electron chi connectivity index (χ3n) is 4.58. The lowest BCUT2D eigenvalue weighted by atomic mass is 10.1. The first-order valence-electron chi connectivity index (χ1n) is 7.94. The zero-order valence-electron chi connectivity index (χ0n) is 12.8. The summed E-state index contributed by atoms with van der Waals surface area (Å²) in [6, 6.07) is 0.898. The molecule has 1 unspecified atom stereocenters. The lowest BCUT2D eigenvalue weighted by molar-refractivity contribution is -0.134. The number of nitrogens with zero attached hydrogens (tertiary/aromatic N) is 3. The van der Waals surface area contributed by atoms with Crippen molar-refractivity contribution in [2.45, 2.75) is 56.7 Å². The van der Waals surface area contributed by atoms with E-state index < -0.39 is 6.04 Å². The van der Waals surface area contributed by atoms with Gasteiger partial charge in [-0.25, -0.2) is 0 Å². The molecular weight excluding hydrogens is 284 g/mol. The Balaban J connectivity index is 1.82. The molecule has 22 heavy (non-hydrogen) atoms. The zero-order chi connectivity index (χ0) is 16.1. The van der Waals surface area contributed by atoms with E-state index in [0.717, 1.165) is 19.3 Å². The second-order valence-electron chi connectivity index (χ2n) is 6.03. The number of aliphatic hydroxyl groups excluding tert-OH is 1. The number of rotatable bonds is 5. The highest BCUT2D eigenvalue weighted by Crippen LogP contribution is 2.20. The van der Waals surface area contributed by atoms with E-state index in [9.17, 15) is 14.7 Å². The predicted molar refractivity (Wildman–Crippen MR) is 79.4 cm³/mol. The van der Waals surface area contributed by atoms with Gasteiger partial charge in [0.05, 0.1) is 24.8 Å². The van der Waals surface area contributed by atoms with Crippen molar-refractivity contribution >= 4 is 11.8 Å². The van der Waals surface area contributed by atoms with Gasteiger partial charge in [0.25, 0.3) is 0 Å². The zero-order valence-corrected chi connectivity index (χ0v) is 12.8. The van der Waals surface area contributed by atoms with E-state index in [-0.39, 0.29) is 43.3 Å². The predicted octanol–water partition coefficient (Wildman–Crippen LogP) is -0.408. The third-order valence-corrected chi connectivity index (χ3v) is 4.58. The van der Waals surface area contributed by atoms with Crippen molar-refractivity contribution in [3.05, 3.63) is 0 Å². The van der Waals surface area contributed by atoms with Crippen LogP contribution in [0.4, 0.5) is 0 Å². The van der Waals surface area contributed by atoms with E-state index >= 15 is 0 Å². The van der Waals surface area contributed by atoms with Crippen LogP contribution in [-0.2, 0) is 9.59 Å². The third kappa shape index (κ3) is 3.57. The van der Waals surface area contributed by atoms with Crippen LogP contribution in [-0.4, -0.2) is 64.5 Å². The number of nitrogens with two attached hydrogens (primary N) is 1. The Hall–Kier alpha value is -1.65. The molecule has 2 fully saturated rings. The lowest BCUT2D eigenvalue weighted by Crippen LogP contribution is -2.46. The van der Waals surface area contributed by atoms with Crippen LogP contribution in [0.25, 0.3) is 0 Å². The number of hydrogen-bond donors (Lipinski definition) is 2. The number of likely N-dealkylation sites (tertiary alicyclic amines) is 2. The van der Waals surface area contributed by atoms with Crippen LogP contribution in [0.5, 0.6) is 0 Å². The van der Waals surface area contributed by atoms with Gasteiger partial charge in [-0.05, 0) is 32.1 Å². The summed E-state index contributed by atoms with van der Waals surface area (Å²) in [6.45, 7) is 1.21. The Morgan fingerprint density at radius 3 is 2.64 bits per heavy atom. The largest absolute Gasteiger partial charge is 0.394 e. The number of hydrogen-bond acceptors (Lipinski definition) is 5. The van der Waals surface area contributed by atoms with Crippen LogP contribution in [0.15, 0.2) is 0 Å². The molecule has 0 spiro atoms. The second-order valence-corrected chi connectivity index (χ2v) is 6.03. The van der Waals surface area contributed by atoms with E-state index in [0.29, 0.717) is 19.5 Å². The summed E-state index contributed by atoms with van der Waals surface area (Å²) in [6.07, 6.45) is 3.72. The summed E-state index contributed by atoms with van der Waals surface area (Å²) in [7, 11) is 0. The molecule has 7 heteroatoms. The van der Waals surface area contributed by atoms with Crippen LogP contribution in [0.1, 0.15) is 38.5 Å². The van der Waals surface area contributed by atoms with Crippen LogP contribution in [0.2, 0.25) is 0 Å². The normalized spacial score (nSPS) is 26.0. The summed E-state index contributed by atoms with van der Waals surface area (Å²) in [5, 5.41) is 18.3. The monoisotopic (exact) mass is 308 g/mol. The first-order chi connectivity index (χ1) is 10.6. The van der Waals surface area contributed by atoms with Gasteiger partial charge in [0.2, 0.25) is 11.8 Å². The fourth-order valence-corrected chi connectivity index (χ4v) is 3.28. The molecule has 0 aliphatic carbocycles. The van der Waals surface area contributed by atoms with Gasteiger partial charge in [0, 0.05) is 19.5 Å². The van der Waals surface area contributed by atoms with Crippen molar-refractivity contribution < 1.29 is 14.7 Å². The quantitative estimate of drug-likeness (QED) is 0.717. The van der Waals surface area contributed by atoms with Crippen molar-refractivity contribution in [2.75, 3.05) is 19.7 Å². The van der Waals surface area contributed by atoms with Gasteiger partial charge in [0.15, 0.2) is 0 Å². The van der Waals surface area contributed by atoms with Crippen LogP contribution < -0.4 is 5.73 Å². The molecule has 3 N–H and O–H groups in total. The second kappa shape index (κ2) is 7.56. The molecule has 2 saturated heterocycles. The number of aliphatic hydroxyl groups is 1. The van der Waals surface area contributed by atoms with Gasteiger partial charge in [-0.1, -0.05) is 0 Å². The summed E-state index contributed by atoms with van der Waals surface area (Å²) in [4.78, 5) is 27.6. The SMILES string of the molecule is N#C[C@@H]1CCCN1C(=O)C(N)CCC(=O)N1CCC[C@H]1CO. The molecule has 3 atom stereocenters. The van der Waals surface area contributed by atoms with Gasteiger partial charge in [-0.2, -0.15) is 5.26 Å². The van der Waals surface area contributed by atoms with Crippen molar-refractivity contribution in [1.29, 1.82) is 5.26 Å². The molecule has 7 nitrogen and oxygen atoms in total. The van der Waals surface area contributed by atoms with E-state index in [1.54, 1.807) is 4.90 Å². The Bertz CT molecular complexity index is 462. The number of carbonyl (C=O) groups excluding carboxylic acids is 2. The Morgan fingerprint density at radius 1 is 1.27 bits per heavy atom. The Morgan fingerprint density at radius 2 is 1.95 bits per heavy atom. The summed E-state index contributed by atoms with van der Waals surface area (Å²) in [5.74, 6) is -0.296. The minimum absolute atomic E-state index is 0.0195. The van der Waals surface area contributed by atoms with Gasteiger partial charge in [0.1, 0.15) is 6.04 Å². The Kier molecular flexibility index (Phi) is 5.75. The molecule has 2 aliphatic rings. The topological polar surface area (TPSA) is 111 Å². The summed E-state index contributed by atoms with van der Waals surface area (Å²) >= 11 is 0. The van der Waals surface area contributed by atoms with E-state index in [2.05, 4.69) is 6.07 Å².